The lowest BCUT2D eigenvalue weighted by molar-refractivity contribution is 0.634. The summed E-state index contributed by atoms with van der Waals surface area (Å²) >= 11 is 12.3. The normalized spacial score (nSPS) is 16.4. The van der Waals surface area contributed by atoms with Gasteiger partial charge in [-0.15, -0.1) is 0 Å². The predicted octanol–water partition coefficient (Wildman–Crippen LogP) is 2.70. The maximum absolute atomic E-state index is 12.8. The summed E-state index contributed by atoms with van der Waals surface area (Å²) in [6.45, 7) is 4.18. The Balaban J connectivity index is 1.96. The van der Waals surface area contributed by atoms with Crippen molar-refractivity contribution in [1.82, 2.24) is 18.7 Å². The predicted molar refractivity (Wildman–Crippen MR) is 111 cm³/mol. The third-order valence-corrected chi connectivity index (χ3v) is 5.70. The molecule has 0 saturated heterocycles. The molecular formula is C18H18Cl2N6O2. The molecule has 1 aliphatic heterocycles. The number of hydrogen-bond donors (Lipinski definition) is 0. The number of imidazole rings is 1. The molecule has 10 heteroatoms. The monoisotopic (exact) mass is 420 g/mol. The van der Waals surface area contributed by atoms with Gasteiger partial charge in [0.15, 0.2) is 11.2 Å². The van der Waals surface area contributed by atoms with E-state index in [0.717, 1.165) is 15.8 Å². The van der Waals surface area contributed by atoms with E-state index in [4.69, 9.17) is 23.2 Å². The van der Waals surface area contributed by atoms with Crippen molar-refractivity contribution in [3.05, 3.63) is 54.6 Å². The van der Waals surface area contributed by atoms with Crippen molar-refractivity contribution in [2.24, 2.45) is 19.2 Å². The van der Waals surface area contributed by atoms with E-state index in [9.17, 15) is 9.59 Å². The maximum atomic E-state index is 12.8. The van der Waals surface area contributed by atoms with E-state index in [-0.39, 0.29) is 11.6 Å². The van der Waals surface area contributed by atoms with Crippen LogP contribution in [-0.2, 0) is 20.6 Å². The van der Waals surface area contributed by atoms with E-state index in [2.05, 4.69) is 10.1 Å². The van der Waals surface area contributed by atoms with Crippen LogP contribution in [0.5, 0.6) is 0 Å². The Morgan fingerprint density at radius 1 is 1.14 bits per heavy atom. The summed E-state index contributed by atoms with van der Waals surface area (Å²) in [5, 5.41) is 7.40. The molecule has 28 heavy (non-hydrogen) atoms. The van der Waals surface area contributed by atoms with Crippen LogP contribution >= 0.6 is 23.2 Å². The molecule has 0 saturated carbocycles. The van der Waals surface area contributed by atoms with E-state index in [1.165, 1.54) is 11.6 Å². The summed E-state index contributed by atoms with van der Waals surface area (Å²) in [5.74, 6) is 0.484. The molecule has 2 aromatic heterocycles. The van der Waals surface area contributed by atoms with E-state index in [1.54, 1.807) is 24.2 Å². The van der Waals surface area contributed by atoms with Crippen LogP contribution in [0.1, 0.15) is 25.5 Å². The second-order valence-corrected chi connectivity index (χ2v) is 7.71. The molecule has 146 valence electrons. The molecule has 0 amide bonds. The molecule has 8 nitrogen and oxygen atoms in total. The van der Waals surface area contributed by atoms with Gasteiger partial charge in [-0.3, -0.25) is 18.5 Å². The number of nitrogens with zero attached hydrogens (tertiary/aromatic N) is 6. The van der Waals surface area contributed by atoms with Crippen LogP contribution in [0.15, 0.2) is 32.9 Å². The maximum Gasteiger partial charge on any atom is 0.332 e. The van der Waals surface area contributed by atoms with Crippen molar-refractivity contribution >= 4 is 46.0 Å². The van der Waals surface area contributed by atoms with Gasteiger partial charge in [0, 0.05) is 24.1 Å². The average molecular weight is 421 g/mol. The Hall–Kier alpha value is -2.58. The van der Waals surface area contributed by atoms with Crippen molar-refractivity contribution in [2.45, 2.75) is 26.4 Å². The van der Waals surface area contributed by atoms with E-state index in [0.29, 0.717) is 33.7 Å². The van der Waals surface area contributed by atoms with Crippen LogP contribution < -0.4 is 16.3 Å². The highest BCUT2D eigenvalue weighted by Crippen LogP contribution is 2.32. The number of rotatable bonds is 2. The number of aromatic nitrogens is 4. The van der Waals surface area contributed by atoms with Gasteiger partial charge in [0.05, 0.1) is 18.3 Å². The Bertz CT molecular complexity index is 1270. The number of anilines is 1. The van der Waals surface area contributed by atoms with Gasteiger partial charge in [0.2, 0.25) is 5.95 Å². The van der Waals surface area contributed by atoms with Crippen molar-refractivity contribution in [3.8, 4) is 0 Å². The molecule has 3 aromatic rings. The van der Waals surface area contributed by atoms with Crippen LogP contribution in [0.2, 0.25) is 10.0 Å². The summed E-state index contributed by atoms with van der Waals surface area (Å²) in [6, 6.07) is 5.08. The zero-order valence-corrected chi connectivity index (χ0v) is 17.3. The molecule has 1 atom stereocenters. The van der Waals surface area contributed by atoms with E-state index < -0.39 is 5.69 Å². The first-order valence-corrected chi connectivity index (χ1v) is 9.40. The van der Waals surface area contributed by atoms with E-state index >= 15 is 0 Å². The van der Waals surface area contributed by atoms with Gasteiger partial charge in [-0.25, -0.2) is 9.80 Å². The molecule has 0 N–H and O–H groups in total. The lowest BCUT2D eigenvalue weighted by Gasteiger charge is -2.29. The number of aryl methyl sites for hydroxylation is 1. The van der Waals surface area contributed by atoms with E-state index in [1.807, 2.05) is 24.5 Å². The quantitative estimate of drug-likeness (QED) is 0.638. The Morgan fingerprint density at radius 2 is 1.86 bits per heavy atom. The van der Waals surface area contributed by atoms with Crippen LogP contribution in [-0.4, -0.2) is 24.4 Å². The Labute approximate surface area is 170 Å². The number of fused-ring (bicyclic) bond motifs is 3. The summed E-state index contributed by atoms with van der Waals surface area (Å²) in [6.07, 6.45) is 0. The second-order valence-electron chi connectivity index (χ2n) is 6.87. The standard InChI is InChI=1S/C18H18Cl2N6O2/c1-9-10(2)26-14-15(23(3)18(28)24(4)16(14)27)21-17(26)25(22-9)8-11-5-6-12(19)7-13(11)20/h5-7,10H,8H2,1-4H3/t10-/m1/s1. The summed E-state index contributed by atoms with van der Waals surface area (Å²) < 4.78 is 4.28. The fraction of sp³-hybridized carbons (Fsp3) is 0.333. The Morgan fingerprint density at radius 3 is 2.54 bits per heavy atom. The third-order valence-electron chi connectivity index (χ3n) is 5.11. The zero-order chi connectivity index (χ0) is 20.3. The van der Waals surface area contributed by atoms with Crippen LogP contribution in [0.25, 0.3) is 11.2 Å². The smallest absolute Gasteiger partial charge is 0.294 e. The van der Waals surface area contributed by atoms with Gasteiger partial charge >= 0.3 is 5.69 Å². The van der Waals surface area contributed by atoms with Crippen molar-refractivity contribution in [3.63, 3.8) is 0 Å². The molecule has 3 heterocycles. The SMILES string of the molecule is CC1=NN(Cc2ccc(Cl)cc2Cl)c2nc3c(c(=O)n(C)c(=O)n3C)n2[C@@H]1C. The summed E-state index contributed by atoms with van der Waals surface area (Å²) in [7, 11) is 3.06. The minimum absolute atomic E-state index is 0.179. The van der Waals surface area contributed by atoms with Crippen molar-refractivity contribution in [1.29, 1.82) is 0 Å². The minimum atomic E-state index is -0.425. The molecule has 0 spiro atoms. The van der Waals surface area contributed by atoms with Crippen LogP contribution in [0, 0.1) is 0 Å². The highest BCUT2D eigenvalue weighted by atomic mass is 35.5. The molecule has 0 bridgehead atoms. The third kappa shape index (κ3) is 2.67. The first-order chi connectivity index (χ1) is 13.2. The average Bonchev–Trinajstić information content (AvgIpc) is 3.06. The fourth-order valence-corrected chi connectivity index (χ4v) is 3.84. The molecule has 0 fully saturated rings. The molecular weight excluding hydrogens is 403 g/mol. The molecule has 1 aromatic carbocycles. The largest absolute Gasteiger partial charge is 0.332 e. The van der Waals surface area contributed by atoms with Gasteiger partial charge in [-0.1, -0.05) is 29.3 Å². The fourth-order valence-electron chi connectivity index (χ4n) is 3.37. The molecule has 1 aliphatic rings. The number of hydrogen-bond acceptors (Lipinski definition) is 5. The van der Waals surface area contributed by atoms with Gasteiger partial charge in [-0.2, -0.15) is 10.1 Å². The topological polar surface area (TPSA) is 77.4 Å². The number of halogens is 2. The molecule has 0 radical (unpaired) electrons. The Kier molecular flexibility index (Phi) is 4.35. The van der Waals surface area contributed by atoms with Gasteiger partial charge < -0.3 is 0 Å². The first-order valence-electron chi connectivity index (χ1n) is 8.65. The summed E-state index contributed by atoms with van der Waals surface area (Å²) in [4.78, 5) is 29.7. The van der Waals surface area contributed by atoms with Crippen LogP contribution in [0.3, 0.4) is 0 Å². The zero-order valence-electron chi connectivity index (χ0n) is 15.8. The lowest BCUT2D eigenvalue weighted by Crippen LogP contribution is -2.38. The molecule has 0 aliphatic carbocycles. The lowest BCUT2D eigenvalue weighted by atomic mass is 10.2. The van der Waals surface area contributed by atoms with Gasteiger partial charge in [-0.05, 0) is 31.5 Å². The number of benzene rings is 1. The molecule has 0 unspecified atom stereocenters. The minimum Gasteiger partial charge on any atom is -0.294 e. The van der Waals surface area contributed by atoms with Crippen molar-refractivity contribution in [2.75, 3.05) is 5.01 Å². The summed E-state index contributed by atoms with van der Waals surface area (Å²) in [5.41, 5.74) is 1.51. The van der Waals surface area contributed by atoms with Gasteiger partial charge in [0.1, 0.15) is 0 Å². The van der Waals surface area contributed by atoms with Crippen molar-refractivity contribution < 1.29 is 0 Å². The number of hydrazone groups is 1. The first kappa shape index (κ1) is 18.8. The second kappa shape index (κ2) is 6.49. The highest BCUT2D eigenvalue weighted by molar-refractivity contribution is 6.35. The van der Waals surface area contributed by atoms with Gasteiger partial charge in [0.25, 0.3) is 5.56 Å². The van der Waals surface area contributed by atoms with Crippen LogP contribution in [0.4, 0.5) is 5.95 Å². The molecule has 4 rings (SSSR count). The highest BCUT2D eigenvalue weighted by Gasteiger charge is 2.30.